The Morgan fingerprint density at radius 2 is 1.96 bits per heavy atom. The molecular weight excluding hydrogens is 292 g/mol. The first-order valence-corrected chi connectivity index (χ1v) is 7.32. The normalized spacial score (nSPS) is 10.7. The van der Waals surface area contributed by atoms with Gasteiger partial charge in [0.2, 0.25) is 0 Å². The van der Waals surface area contributed by atoms with Crippen molar-refractivity contribution in [3.63, 3.8) is 0 Å². The third kappa shape index (κ3) is 2.83. The van der Waals surface area contributed by atoms with Gasteiger partial charge in [0.25, 0.3) is 11.5 Å². The van der Waals surface area contributed by atoms with E-state index in [9.17, 15) is 9.59 Å². The molecule has 0 saturated heterocycles. The smallest absolute Gasteiger partial charge is 0.272 e. The van der Waals surface area contributed by atoms with E-state index < -0.39 is 0 Å². The number of aromatic nitrogens is 3. The predicted molar refractivity (Wildman–Crippen MR) is 88.6 cm³/mol. The van der Waals surface area contributed by atoms with Gasteiger partial charge in [-0.15, -0.1) is 0 Å². The zero-order valence-electron chi connectivity index (χ0n) is 12.9. The number of aryl methyl sites for hydroxylation is 2. The highest BCUT2D eigenvalue weighted by Crippen LogP contribution is 2.15. The summed E-state index contributed by atoms with van der Waals surface area (Å²) < 4.78 is 1.65. The lowest BCUT2D eigenvalue weighted by molar-refractivity contribution is 0.102. The Balaban J connectivity index is 2.02. The number of carbonyl (C=O) groups is 1. The van der Waals surface area contributed by atoms with E-state index in [1.54, 1.807) is 54.2 Å². The van der Waals surface area contributed by atoms with E-state index in [1.807, 2.05) is 6.92 Å². The number of carbonyl (C=O) groups excluding carboxylic acids is 1. The molecule has 2 aromatic heterocycles. The largest absolute Gasteiger partial charge is 0.322 e. The molecule has 3 rings (SSSR count). The van der Waals surface area contributed by atoms with Gasteiger partial charge in [-0.1, -0.05) is 0 Å². The van der Waals surface area contributed by atoms with Crippen molar-refractivity contribution in [3.8, 4) is 0 Å². The lowest BCUT2D eigenvalue weighted by atomic mass is 10.1. The number of pyridine rings is 1. The molecule has 1 amide bonds. The maximum Gasteiger partial charge on any atom is 0.272 e. The number of fused-ring (bicyclic) bond motifs is 1. The molecule has 6 heteroatoms. The molecule has 0 aliphatic heterocycles. The van der Waals surface area contributed by atoms with Gasteiger partial charge in [0.05, 0.1) is 11.0 Å². The van der Waals surface area contributed by atoms with Gasteiger partial charge in [-0.2, -0.15) is 0 Å². The fourth-order valence-corrected chi connectivity index (χ4v) is 2.47. The summed E-state index contributed by atoms with van der Waals surface area (Å²) in [4.78, 5) is 32.6. The number of benzene rings is 1. The summed E-state index contributed by atoms with van der Waals surface area (Å²) in [6, 6.07) is 8.59. The zero-order valence-corrected chi connectivity index (χ0v) is 12.9. The highest BCUT2D eigenvalue weighted by Gasteiger charge is 2.11. The Labute approximate surface area is 132 Å². The number of anilines is 1. The van der Waals surface area contributed by atoms with Crippen LogP contribution in [0.5, 0.6) is 0 Å². The van der Waals surface area contributed by atoms with Gasteiger partial charge in [-0.25, -0.2) is 4.98 Å². The van der Waals surface area contributed by atoms with Crippen molar-refractivity contribution in [1.29, 1.82) is 0 Å². The molecule has 116 valence electrons. The second-order valence-corrected chi connectivity index (χ2v) is 5.14. The molecule has 0 saturated carbocycles. The number of nitrogens with zero attached hydrogens (tertiary/aromatic N) is 3. The van der Waals surface area contributed by atoms with E-state index in [0.29, 0.717) is 29.0 Å². The van der Waals surface area contributed by atoms with Crippen molar-refractivity contribution >= 4 is 22.6 Å². The SMILES string of the molecule is CCn1c(=O)c(C)nc2cc(C(=O)Nc3ccncc3)ccc21. The molecule has 1 N–H and O–H groups in total. The summed E-state index contributed by atoms with van der Waals surface area (Å²) in [6.45, 7) is 4.14. The van der Waals surface area contributed by atoms with Gasteiger partial charge >= 0.3 is 0 Å². The van der Waals surface area contributed by atoms with Gasteiger partial charge in [-0.3, -0.25) is 14.6 Å². The molecule has 0 spiro atoms. The molecule has 0 atom stereocenters. The average molecular weight is 308 g/mol. The number of hydrogen-bond acceptors (Lipinski definition) is 4. The van der Waals surface area contributed by atoms with Crippen LogP contribution >= 0.6 is 0 Å². The molecule has 0 radical (unpaired) electrons. The summed E-state index contributed by atoms with van der Waals surface area (Å²) in [7, 11) is 0. The molecule has 0 unspecified atom stereocenters. The Bertz CT molecular complexity index is 932. The fraction of sp³-hybridized carbons (Fsp3) is 0.176. The average Bonchev–Trinajstić information content (AvgIpc) is 2.56. The highest BCUT2D eigenvalue weighted by atomic mass is 16.1. The van der Waals surface area contributed by atoms with Gasteiger partial charge in [0, 0.05) is 30.2 Å². The Morgan fingerprint density at radius 3 is 2.65 bits per heavy atom. The van der Waals surface area contributed by atoms with Crippen LogP contribution < -0.4 is 10.9 Å². The van der Waals surface area contributed by atoms with Crippen molar-refractivity contribution in [2.45, 2.75) is 20.4 Å². The molecule has 23 heavy (non-hydrogen) atoms. The topological polar surface area (TPSA) is 76.9 Å². The minimum Gasteiger partial charge on any atom is -0.322 e. The Morgan fingerprint density at radius 1 is 1.22 bits per heavy atom. The minimum absolute atomic E-state index is 0.103. The number of nitrogens with one attached hydrogen (secondary N) is 1. The molecule has 0 aliphatic carbocycles. The monoisotopic (exact) mass is 308 g/mol. The van der Waals surface area contributed by atoms with Gasteiger partial charge in [-0.05, 0) is 44.2 Å². The van der Waals surface area contributed by atoms with Gasteiger partial charge < -0.3 is 9.88 Å². The molecule has 0 bridgehead atoms. The van der Waals surface area contributed by atoms with Gasteiger partial charge in [0.15, 0.2) is 0 Å². The third-order valence-corrected chi connectivity index (χ3v) is 3.63. The summed E-state index contributed by atoms with van der Waals surface area (Å²) in [5.74, 6) is -0.230. The minimum atomic E-state index is -0.230. The summed E-state index contributed by atoms with van der Waals surface area (Å²) in [5.41, 5.74) is 2.84. The molecule has 0 fully saturated rings. The summed E-state index contributed by atoms with van der Waals surface area (Å²) >= 11 is 0. The summed E-state index contributed by atoms with van der Waals surface area (Å²) in [5, 5.41) is 2.80. The van der Waals surface area contributed by atoms with Crippen LogP contribution in [0.4, 0.5) is 5.69 Å². The van der Waals surface area contributed by atoms with E-state index in [4.69, 9.17) is 0 Å². The van der Waals surface area contributed by atoms with Crippen LogP contribution in [0.15, 0.2) is 47.5 Å². The standard InChI is InChI=1S/C17H16N4O2/c1-3-21-15-5-4-12(10-14(15)19-11(2)17(21)23)16(22)20-13-6-8-18-9-7-13/h4-10H,3H2,1-2H3,(H,18,20,22). The van der Waals surface area contributed by atoms with Crippen LogP contribution in [0.25, 0.3) is 11.0 Å². The van der Waals surface area contributed by atoms with Crippen molar-refractivity contribution in [2.75, 3.05) is 5.32 Å². The predicted octanol–water partition coefficient (Wildman–Crippen LogP) is 2.37. The second kappa shape index (κ2) is 6.00. The van der Waals surface area contributed by atoms with Crippen molar-refractivity contribution in [3.05, 3.63) is 64.3 Å². The van der Waals surface area contributed by atoms with Crippen molar-refractivity contribution in [1.82, 2.24) is 14.5 Å². The van der Waals surface area contributed by atoms with Crippen LogP contribution in [0.2, 0.25) is 0 Å². The first kappa shape index (κ1) is 14.9. The van der Waals surface area contributed by atoms with Gasteiger partial charge in [0.1, 0.15) is 5.69 Å². The first-order chi connectivity index (χ1) is 11.1. The molecule has 1 aromatic carbocycles. The zero-order chi connectivity index (χ0) is 16.4. The van der Waals surface area contributed by atoms with E-state index in [1.165, 1.54) is 0 Å². The van der Waals surface area contributed by atoms with Crippen molar-refractivity contribution < 1.29 is 4.79 Å². The Kier molecular flexibility index (Phi) is 3.89. The van der Waals surface area contributed by atoms with E-state index in [2.05, 4.69) is 15.3 Å². The van der Waals surface area contributed by atoms with E-state index >= 15 is 0 Å². The van der Waals surface area contributed by atoms with Crippen LogP contribution in [0, 0.1) is 6.92 Å². The molecule has 0 aliphatic rings. The van der Waals surface area contributed by atoms with E-state index in [-0.39, 0.29) is 11.5 Å². The first-order valence-electron chi connectivity index (χ1n) is 7.32. The number of rotatable bonds is 3. The van der Waals surface area contributed by atoms with Crippen LogP contribution in [-0.2, 0) is 6.54 Å². The quantitative estimate of drug-likeness (QED) is 0.806. The van der Waals surface area contributed by atoms with Crippen LogP contribution in [0.1, 0.15) is 23.0 Å². The van der Waals surface area contributed by atoms with Crippen LogP contribution in [0.3, 0.4) is 0 Å². The number of hydrogen-bond donors (Lipinski definition) is 1. The highest BCUT2D eigenvalue weighted by molar-refractivity contribution is 6.05. The second-order valence-electron chi connectivity index (χ2n) is 5.14. The van der Waals surface area contributed by atoms with E-state index in [0.717, 1.165) is 5.52 Å². The maximum absolute atomic E-state index is 12.3. The lowest BCUT2D eigenvalue weighted by Gasteiger charge is -2.10. The fourth-order valence-electron chi connectivity index (χ4n) is 2.47. The third-order valence-electron chi connectivity index (χ3n) is 3.63. The van der Waals surface area contributed by atoms with Crippen LogP contribution in [-0.4, -0.2) is 20.4 Å². The summed E-state index contributed by atoms with van der Waals surface area (Å²) in [6.07, 6.45) is 3.22. The lowest BCUT2D eigenvalue weighted by Crippen LogP contribution is -2.23. The number of amides is 1. The molecule has 6 nitrogen and oxygen atoms in total. The Hall–Kier alpha value is -3.02. The molecular formula is C17H16N4O2. The molecule has 3 aromatic rings. The van der Waals surface area contributed by atoms with Crippen molar-refractivity contribution in [2.24, 2.45) is 0 Å². The maximum atomic E-state index is 12.3. The molecule has 2 heterocycles.